The van der Waals surface area contributed by atoms with Gasteiger partial charge in [0.1, 0.15) is 5.52 Å². The molecule has 1 aromatic carbocycles. The second kappa shape index (κ2) is 7.29. The largest absolute Gasteiger partial charge is 0.273 e. The van der Waals surface area contributed by atoms with Crippen LogP contribution in [0.15, 0.2) is 36.5 Å². The van der Waals surface area contributed by atoms with Crippen molar-refractivity contribution in [1.82, 2.24) is 14.6 Å². The van der Waals surface area contributed by atoms with Gasteiger partial charge in [0, 0.05) is 18.7 Å². The van der Waals surface area contributed by atoms with Gasteiger partial charge in [0.2, 0.25) is 5.91 Å². The van der Waals surface area contributed by atoms with E-state index in [9.17, 15) is 4.79 Å². The molecule has 3 rings (SSSR count). The Bertz CT molecular complexity index is 1040. The zero-order valence-electron chi connectivity index (χ0n) is 18.9. The van der Waals surface area contributed by atoms with Crippen molar-refractivity contribution in [2.24, 2.45) is 5.41 Å². The molecular weight excluding hydrogens is 360 g/mol. The minimum atomic E-state index is -0.427. The van der Waals surface area contributed by atoms with Crippen molar-refractivity contribution in [2.75, 3.05) is 5.01 Å². The molecule has 0 atom stereocenters. The lowest BCUT2D eigenvalue weighted by Gasteiger charge is -2.42. The molecule has 0 spiro atoms. The average Bonchev–Trinajstić information content (AvgIpc) is 2.91. The van der Waals surface area contributed by atoms with Gasteiger partial charge >= 0.3 is 0 Å². The Morgan fingerprint density at radius 2 is 1.66 bits per heavy atom. The highest BCUT2D eigenvalue weighted by Gasteiger charge is 2.37. The standard InChI is InChI=1S/C24H32N4O/c1-16-9-11-19(12-10-16)21-26-20-13-17(2)14-25-22(20)27(21)28(18(3)29)24(7,8)15-23(4,5)6/h9-14H,15H2,1-8H3. The summed E-state index contributed by atoms with van der Waals surface area (Å²) < 4.78 is 1.91. The zero-order chi connectivity index (χ0) is 21.6. The maximum absolute atomic E-state index is 13.0. The minimum absolute atomic E-state index is 0.0331. The van der Waals surface area contributed by atoms with Crippen molar-refractivity contribution in [3.63, 3.8) is 0 Å². The van der Waals surface area contributed by atoms with E-state index in [1.807, 2.05) is 28.9 Å². The van der Waals surface area contributed by atoms with Gasteiger partial charge in [-0.05, 0) is 51.2 Å². The van der Waals surface area contributed by atoms with E-state index >= 15 is 0 Å². The number of imidazole rings is 1. The van der Waals surface area contributed by atoms with Crippen LogP contribution in [0.2, 0.25) is 0 Å². The molecule has 5 nitrogen and oxygen atoms in total. The molecule has 2 aromatic heterocycles. The van der Waals surface area contributed by atoms with Crippen LogP contribution in [0, 0.1) is 19.3 Å². The third-order valence-electron chi connectivity index (χ3n) is 4.96. The number of hydrogen-bond donors (Lipinski definition) is 0. The highest BCUT2D eigenvalue weighted by Crippen LogP contribution is 2.34. The molecule has 0 bridgehead atoms. The third kappa shape index (κ3) is 4.34. The van der Waals surface area contributed by atoms with Crippen molar-refractivity contribution in [1.29, 1.82) is 0 Å². The SMILES string of the molecule is CC(=O)N(n1c(-c2ccc(C)cc2)nc2cc(C)cnc21)C(C)(C)CC(C)(C)C. The lowest BCUT2D eigenvalue weighted by molar-refractivity contribution is -0.119. The lowest BCUT2D eigenvalue weighted by Crippen LogP contribution is -2.55. The molecule has 0 unspecified atom stereocenters. The van der Waals surface area contributed by atoms with E-state index in [0.29, 0.717) is 5.65 Å². The quantitative estimate of drug-likeness (QED) is 0.596. The second-order valence-corrected chi connectivity index (χ2v) is 9.85. The number of fused-ring (bicyclic) bond motifs is 1. The van der Waals surface area contributed by atoms with E-state index in [2.05, 4.69) is 70.8 Å². The van der Waals surface area contributed by atoms with Gasteiger partial charge in [0.05, 0.1) is 5.54 Å². The molecule has 5 heteroatoms. The number of pyridine rings is 1. The van der Waals surface area contributed by atoms with Crippen LogP contribution in [-0.4, -0.2) is 26.1 Å². The number of amides is 1. The first-order valence-corrected chi connectivity index (χ1v) is 10.1. The normalized spacial score (nSPS) is 12.4. The summed E-state index contributed by atoms with van der Waals surface area (Å²) in [4.78, 5) is 22.5. The van der Waals surface area contributed by atoms with E-state index < -0.39 is 5.54 Å². The van der Waals surface area contributed by atoms with Crippen molar-refractivity contribution in [3.8, 4) is 11.4 Å². The van der Waals surface area contributed by atoms with Crippen molar-refractivity contribution in [2.45, 2.75) is 67.3 Å². The Kier molecular flexibility index (Phi) is 5.28. The topological polar surface area (TPSA) is 51.0 Å². The van der Waals surface area contributed by atoms with Crippen molar-refractivity contribution in [3.05, 3.63) is 47.7 Å². The number of aromatic nitrogens is 3. The predicted octanol–water partition coefficient (Wildman–Crippen LogP) is 5.41. The molecule has 3 aromatic rings. The zero-order valence-corrected chi connectivity index (χ0v) is 18.9. The first kappa shape index (κ1) is 21.0. The van der Waals surface area contributed by atoms with Crippen LogP contribution in [0.5, 0.6) is 0 Å². The van der Waals surface area contributed by atoms with Gasteiger partial charge in [-0.25, -0.2) is 19.7 Å². The molecule has 1 amide bonds. The Labute approximate surface area is 173 Å². The minimum Gasteiger partial charge on any atom is -0.273 e. The van der Waals surface area contributed by atoms with Crippen LogP contribution in [0.4, 0.5) is 0 Å². The van der Waals surface area contributed by atoms with E-state index in [-0.39, 0.29) is 11.3 Å². The van der Waals surface area contributed by atoms with Gasteiger partial charge in [-0.15, -0.1) is 0 Å². The van der Waals surface area contributed by atoms with Crippen LogP contribution in [0.1, 0.15) is 59.1 Å². The molecule has 2 heterocycles. The summed E-state index contributed by atoms with van der Waals surface area (Å²) in [6, 6.07) is 10.3. The molecule has 0 saturated carbocycles. The van der Waals surface area contributed by atoms with Gasteiger partial charge in [-0.2, -0.15) is 0 Å². The lowest BCUT2D eigenvalue weighted by atomic mass is 9.81. The summed E-state index contributed by atoms with van der Waals surface area (Å²) in [5, 5.41) is 1.82. The number of nitrogens with zero attached hydrogens (tertiary/aromatic N) is 4. The summed E-state index contributed by atoms with van der Waals surface area (Å²) >= 11 is 0. The summed E-state index contributed by atoms with van der Waals surface area (Å²) in [7, 11) is 0. The first-order chi connectivity index (χ1) is 13.4. The summed E-state index contributed by atoms with van der Waals surface area (Å²) in [5.74, 6) is 0.699. The number of carbonyl (C=O) groups is 1. The van der Waals surface area contributed by atoms with E-state index in [1.165, 1.54) is 5.56 Å². The molecule has 29 heavy (non-hydrogen) atoms. The maximum Gasteiger partial charge on any atom is 0.238 e. The Hall–Kier alpha value is -2.69. The van der Waals surface area contributed by atoms with Gasteiger partial charge in [0.25, 0.3) is 0 Å². The molecule has 0 aliphatic heterocycles. The Morgan fingerprint density at radius 1 is 1.03 bits per heavy atom. The number of carbonyl (C=O) groups excluding carboxylic acids is 1. The fourth-order valence-electron chi connectivity index (χ4n) is 4.34. The first-order valence-electron chi connectivity index (χ1n) is 10.1. The smallest absolute Gasteiger partial charge is 0.238 e. The highest BCUT2D eigenvalue weighted by atomic mass is 16.2. The molecule has 0 radical (unpaired) electrons. The Balaban J connectivity index is 2.30. The van der Waals surface area contributed by atoms with Crippen LogP contribution in [0.25, 0.3) is 22.6 Å². The molecule has 0 saturated heterocycles. The van der Waals surface area contributed by atoms with Crippen LogP contribution < -0.4 is 5.01 Å². The third-order valence-corrected chi connectivity index (χ3v) is 4.96. The molecule has 0 fully saturated rings. The van der Waals surface area contributed by atoms with Gasteiger partial charge in [-0.1, -0.05) is 50.6 Å². The van der Waals surface area contributed by atoms with Crippen LogP contribution in [-0.2, 0) is 4.79 Å². The van der Waals surface area contributed by atoms with Crippen LogP contribution in [0.3, 0.4) is 0 Å². The fourth-order valence-corrected chi connectivity index (χ4v) is 4.34. The van der Waals surface area contributed by atoms with E-state index in [4.69, 9.17) is 4.98 Å². The van der Waals surface area contributed by atoms with Gasteiger partial charge < -0.3 is 0 Å². The fraction of sp³-hybridized carbons (Fsp3) is 0.458. The number of hydrogen-bond acceptors (Lipinski definition) is 3. The van der Waals surface area contributed by atoms with Crippen LogP contribution >= 0.6 is 0 Å². The number of benzene rings is 1. The number of rotatable bonds is 4. The van der Waals surface area contributed by atoms with Gasteiger partial charge in [-0.3, -0.25) is 4.79 Å². The highest BCUT2D eigenvalue weighted by molar-refractivity contribution is 5.89. The summed E-state index contributed by atoms with van der Waals surface area (Å²) in [6.07, 6.45) is 2.66. The van der Waals surface area contributed by atoms with E-state index in [0.717, 1.165) is 28.9 Å². The molecule has 0 aliphatic rings. The van der Waals surface area contributed by atoms with E-state index in [1.54, 1.807) is 6.92 Å². The monoisotopic (exact) mass is 392 g/mol. The van der Waals surface area contributed by atoms with Crippen molar-refractivity contribution < 1.29 is 4.79 Å². The van der Waals surface area contributed by atoms with Gasteiger partial charge in [0.15, 0.2) is 11.5 Å². The predicted molar refractivity (Wildman–Crippen MR) is 119 cm³/mol. The molecule has 154 valence electrons. The average molecular weight is 393 g/mol. The molecule has 0 N–H and O–H groups in total. The Morgan fingerprint density at radius 3 is 2.21 bits per heavy atom. The van der Waals surface area contributed by atoms with Crippen molar-refractivity contribution >= 4 is 17.1 Å². The molecular formula is C24H32N4O. The summed E-state index contributed by atoms with van der Waals surface area (Å²) in [6.45, 7) is 16.5. The second-order valence-electron chi connectivity index (χ2n) is 9.85. The molecule has 0 aliphatic carbocycles. The summed E-state index contributed by atoms with van der Waals surface area (Å²) in [5.41, 5.74) is 4.30. The maximum atomic E-state index is 13.0. The number of aryl methyl sites for hydroxylation is 2.